The summed E-state index contributed by atoms with van der Waals surface area (Å²) in [5, 5.41) is 3.48. The molecule has 0 heterocycles. The van der Waals surface area contributed by atoms with Gasteiger partial charge in [-0.1, -0.05) is 19.9 Å². The summed E-state index contributed by atoms with van der Waals surface area (Å²) in [5.41, 5.74) is 8.04. The molecule has 0 aliphatic carbocycles. The highest BCUT2D eigenvalue weighted by Gasteiger charge is 2.04. The van der Waals surface area contributed by atoms with Crippen LogP contribution < -0.4 is 15.8 Å². The monoisotopic (exact) mass is 278 g/mol. The molecule has 0 bridgehead atoms. The summed E-state index contributed by atoms with van der Waals surface area (Å²) in [6, 6.07) is 6.13. The number of nitrogens with two attached hydrogens (primary N) is 1. The van der Waals surface area contributed by atoms with Crippen molar-refractivity contribution in [2.45, 2.75) is 53.1 Å². The average molecular weight is 278 g/mol. The lowest BCUT2D eigenvalue weighted by molar-refractivity contribution is 0.244. The fourth-order valence-corrected chi connectivity index (χ4v) is 2.05. The first-order valence-corrected chi connectivity index (χ1v) is 7.74. The van der Waals surface area contributed by atoms with Crippen molar-refractivity contribution in [3.63, 3.8) is 0 Å². The van der Waals surface area contributed by atoms with E-state index in [0.717, 1.165) is 43.3 Å². The highest BCUT2D eigenvalue weighted by molar-refractivity contribution is 5.54. The maximum atomic E-state index is 6.01. The molecule has 3 heteroatoms. The molecule has 0 unspecified atom stereocenters. The Hall–Kier alpha value is -1.22. The quantitative estimate of drug-likeness (QED) is 0.536. The second-order valence-corrected chi connectivity index (χ2v) is 6.07. The molecule has 0 saturated carbocycles. The maximum Gasteiger partial charge on any atom is 0.142 e. The van der Waals surface area contributed by atoms with Crippen LogP contribution in [0.3, 0.4) is 0 Å². The Morgan fingerprint density at radius 3 is 2.50 bits per heavy atom. The van der Waals surface area contributed by atoms with Crippen LogP contribution in [0.15, 0.2) is 18.2 Å². The third kappa shape index (κ3) is 6.80. The molecule has 0 aliphatic rings. The van der Waals surface area contributed by atoms with Crippen molar-refractivity contribution in [1.82, 2.24) is 5.32 Å². The molecule has 0 spiro atoms. The van der Waals surface area contributed by atoms with Crippen molar-refractivity contribution in [3.8, 4) is 5.75 Å². The number of rotatable bonds is 9. The van der Waals surface area contributed by atoms with Crippen molar-refractivity contribution in [1.29, 1.82) is 0 Å². The van der Waals surface area contributed by atoms with Gasteiger partial charge in [-0.15, -0.1) is 0 Å². The van der Waals surface area contributed by atoms with Crippen LogP contribution in [0, 0.1) is 5.92 Å². The van der Waals surface area contributed by atoms with E-state index in [-0.39, 0.29) is 6.10 Å². The summed E-state index contributed by atoms with van der Waals surface area (Å²) < 4.78 is 5.64. The minimum absolute atomic E-state index is 0.160. The molecule has 114 valence electrons. The van der Waals surface area contributed by atoms with E-state index in [9.17, 15) is 0 Å². The lowest BCUT2D eigenvalue weighted by Gasteiger charge is -2.13. The third-order valence-electron chi connectivity index (χ3n) is 3.15. The summed E-state index contributed by atoms with van der Waals surface area (Å²) in [7, 11) is 0. The van der Waals surface area contributed by atoms with E-state index in [1.54, 1.807) is 0 Å². The topological polar surface area (TPSA) is 47.3 Å². The van der Waals surface area contributed by atoms with E-state index < -0.39 is 0 Å². The summed E-state index contributed by atoms with van der Waals surface area (Å²) in [4.78, 5) is 0. The Morgan fingerprint density at radius 1 is 1.15 bits per heavy atom. The van der Waals surface area contributed by atoms with Gasteiger partial charge in [0.25, 0.3) is 0 Å². The SMILES string of the molecule is CC(C)CCNCCCc1ccc(OC(C)C)c(N)c1. The van der Waals surface area contributed by atoms with Crippen molar-refractivity contribution in [2.75, 3.05) is 18.8 Å². The van der Waals surface area contributed by atoms with E-state index in [1.165, 1.54) is 12.0 Å². The number of benzene rings is 1. The van der Waals surface area contributed by atoms with Gasteiger partial charge < -0.3 is 15.8 Å². The highest BCUT2D eigenvalue weighted by Crippen LogP contribution is 2.24. The number of hydrogen-bond acceptors (Lipinski definition) is 3. The molecule has 20 heavy (non-hydrogen) atoms. The predicted molar refractivity (Wildman–Crippen MR) is 87.3 cm³/mol. The van der Waals surface area contributed by atoms with Gasteiger partial charge in [-0.05, 0) is 69.8 Å². The van der Waals surface area contributed by atoms with Crippen molar-refractivity contribution in [2.24, 2.45) is 5.92 Å². The number of aryl methyl sites for hydroxylation is 1. The fraction of sp³-hybridized carbons (Fsp3) is 0.647. The minimum atomic E-state index is 0.160. The van der Waals surface area contributed by atoms with Crippen LogP contribution in [-0.4, -0.2) is 19.2 Å². The minimum Gasteiger partial charge on any atom is -0.489 e. The van der Waals surface area contributed by atoms with Crippen LogP contribution in [0.2, 0.25) is 0 Å². The number of ether oxygens (including phenoxy) is 1. The van der Waals surface area contributed by atoms with Gasteiger partial charge >= 0.3 is 0 Å². The van der Waals surface area contributed by atoms with Gasteiger partial charge in [0.05, 0.1) is 11.8 Å². The molecule has 0 fully saturated rings. The largest absolute Gasteiger partial charge is 0.489 e. The fourth-order valence-electron chi connectivity index (χ4n) is 2.05. The Bertz CT molecular complexity index is 389. The van der Waals surface area contributed by atoms with Crippen molar-refractivity contribution in [3.05, 3.63) is 23.8 Å². The van der Waals surface area contributed by atoms with E-state index in [4.69, 9.17) is 10.5 Å². The molecule has 1 aromatic rings. The average Bonchev–Trinajstić information content (AvgIpc) is 2.36. The summed E-state index contributed by atoms with van der Waals surface area (Å²) in [6.45, 7) is 10.7. The van der Waals surface area contributed by atoms with Crippen molar-refractivity contribution < 1.29 is 4.74 Å². The Balaban J connectivity index is 2.29. The summed E-state index contributed by atoms with van der Waals surface area (Å²) in [6.07, 6.45) is 3.60. The van der Waals surface area contributed by atoms with Gasteiger partial charge in [0, 0.05) is 0 Å². The van der Waals surface area contributed by atoms with Gasteiger partial charge in [-0.3, -0.25) is 0 Å². The molecule has 0 saturated heterocycles. The molecule has 3 N–H and O–H groups in total. The normalized spacial score (nSPS) is 11.3. The van der Waals surface area contributed by atoms with Gasteiger partial charge in [-0.2, -0.15) is 0 Å². The smallest absolute Gasteiger partial charge is 0.142 e. The zero-order chi connectivity index (χ0) is 15.0. The van der Waals surface area contributed by atoms with Crippen LogP contribution in [-0.2, 0) is 6.42 Å². The lowest BCUT2D eigenvalue weighted by Crippen LogP contribution is -2.18. The van der Waals surface area contributed by atoms with Crippen LogP contribution >= 0.6 is 0 Å². The summed E-state index contributed by atoms with van der Waals surface area (Å²) in [5.74, 6) is 1.56. The Kier molecular flexibility index (Phi) is 7.45. The molecule has 0 radical (unpaired) electrons. The highest BCUT2D eigenvalue weighted by atomic mass is 16.5. The van der Waals surface area contributed by atoms with Gasteiger partial charge in [0.2, 0.25) is 0 Å². The van der Waals surface area contributed by atoms with Crippen molar-refractivity contribution >= 4 is 5.69 Å². The zero-order valence-electron chi connectivity index (χ0n) is 13.4. The van der Waals surface area contributed by atoms with Gasteiger partial charge in [0.1, 0.15) is 5.75 Å². The predicted octanol–water partition coefficient (Wildman–Crippen LogP) is 3.62. The summed E-state index contributed by atoms with van der Waals surface area (Å²) >= 11 is 0. The van der Waals surface area contributed by atoms with Crippen LogP contribution in [0.4, 0.5) is 5.69 Å². The first-order valence-electron chi connectivity index (χ1n) is 7.74. The second kappa shape index (κ2) is 8.85. The molecular formula is C17H30N2O. The third-order valence-corrected chi connectivity index (χ3v) is 3.15. The second-order valence-electron chi connectivity index (χ2n) is 6.07. The van der Waals surface area contributed by atoms with E-state index >= 15 is 0 Å². The van der Waals surface area contributed by atoms with E-state index in [1.807, 2.05) is 26.0 Å². The molecule has 1 aromatic carbocycles. The number of nitrogen functional groups attached to an aromatic ring is 1. The number of hydrogen-bond donors (Lipinski definition) is 2. The molecule has 0 aromatic heterocycles. The molecule has 1 rings (SSSR count). The molecular weight excluding hydrogens is 248 g/mol. The van der Waals surface area contributed by atoms with Crippen LogP contribution in [0.1, 0.15) is 46.1 Å². The van der Waals surface area contributed by atoms with E-state index in [2.05, 4.69) is 25.2 Å². The Labute approximate surface area is 123 Å². The molecule has 0 aliphatic heterocycles. The maximum absolute atomic E-state index is 6.01. The van der Waals surface area contributed by atoms with Gasteiger partial charge in [-0.25, -0.2) is 0 Å². The first kappa shape index (κ1) is 16.8. The zero-order valence-corrected chi connectivity index (χ0v) is 13.4. The van der Waals surface area contributed by atoms with Crippen LogP contribution in [0.25, 0.3) is 0 Å². The standard InChI is InChI=1S/C17H30N2O/c1-13(2)9-11-19-10-5-6-15-7-8-17(16(18)12-15)20-14(3)4/h7-8,12-14,19H,5-6,9-11,18H2,1-4H3. The van der Waals surface area contributed by atoms with Gasteiger partial charge in [0.15, 0.2) is 0 Å². The number of nitrogens with one attached hydrogen (secondary N) is 1. The molecule has 3 nitrogen and oxygen atoms in total. The number of anilines is 1. The van der Waals surface area contributed by atoms with E-state index in [0.29, 0.717) is 0 Å². The Morgan fingerprint density at radius 2 is 1.90 bits per heavy atom. The molecule has 0 atom stereocenters. The molecule has 0 amide bonds. The lowest BCUT2D eigenvalue weighted by atomic mass is 10.1. The first-order chi connectivity index (χ1) is 9.49. The van der Waals surface area contributed by atoms with Crippen LogP contribution in [0.5, 0.6) is 5.75 Å².